The zero-order valence-corrected chi connectivity index (χ0v) is 45.8. The van der Waals surface area contributed by atoms with Crippen LogP contribution < -0.4 is 0 Å². The molecule has 420 valence electrons. The van der Waals surface area contributed by atoms with Crippen LogP contribution in [0, 0.1) is 11.8 Å². The van der Waals surface area contributed by atoms with Gasteiger partial charge in [-0.05, 0) is 135 Å². The van der Waals surface area contributed by atoms with Gasteiger partial charge in [0, 0.05) is 25.7 Å². The van der Waals surface area contributed by atoms with Crippen molar-refractivity contribution >= 4 is 33.5 Å². The molecule has 14 heteroatoms. The highest BCUT2D eigenvalue weighted by Crippen LogP contribution is 2.49. The number of hydrogen-bond donors (Lipinski definition) is 1. The number of hydrogen-bond acceptors (Lipinski definition) is 14. The third kappa shape index (κ3) is 10.6. The van der Waals surface area contributed by atoms with Gasteiger partial charge in [-0.1, -0.05) is 81.1 Å². The average Bonchev–Trinajstić information content (AvgIpc) is 3.85. The Balaban J connectivity index is 0.630. The zero-order chi connectivity index (χ0) is 53.5. The van der Waals surface area contributed by atoms with Crippen molar-refractivity contribution in [1.29, 1.82) is 0 Å². The summed E-state index contributed by atoms with van der Waals surface area (Å²) in [5.41, 5.74) is 0.0871. The number of carbonyl (C=O) groups excluding carboxylic acids is 2. The molecule has 0 amide bonds. The Kier molecular flexibility index (Phi) is 14.8. The molecule has 13 rings (SSSR count). The number of rotatable bonds is 5. The van der Waals surface area contributed by atoms with Gasteiger partial charge in [-0.2, -0.15) is 0 Å². The Bertz CT molecular complexity index is 2780. The predicted molar refractivity (Wildman–Crippen MR) is 290 cm³/mol. The Morgan fingerprint density at radius 1 is 0.654 bits per heavy atom. The van der Waals surface area contributed by atoms with Crippen LogP contribution in [0.4, 0.5) is 0 Å². The third-order valence-corrected chi connectivity index (χ3v) is 19.4. The maximum absolute atomic E-state index is 13.5. The molecule has 1 N–H and O–H groups in total. The minimum absolute atomic E-state index is 0.0550. The van der Waals surface area contributed by atoms with E-state index in [1.807, 2.05) is 36.4 Å². The van der Waals surface area contributed by atoms with Gasteiger partial charge < -0.3 is 57.2 Å². The normalized spacial score (nSPS) is 44.4. The molecule has 10 aliphatic rings. The number of fused-ring (bicyclic) bond motifs is 11. The molecule has 3 aromatic rings. The lowest BCUT2D eigenvalue weighted by Gasteiger charge is -2.55. The van der Waals surface area contributed by atoms with Gasteiger partial charge in [0.05, 0.1) is 109 Å². The van der Waals surface area contributed by atoms with Crippen LogP contribution >= 0.6 is 0 Å². The summed E-state index contributed by atoms with van der Waals surface area (Å²) < 4.78 is 74.9. The summed E-state index contributed by atoms with van der Waals surface area (Å²) in [6, 6.07) is 18.0. The van der Waals surface area contributed by atoms with E-state index in [1.54, 1.807) is 6.07 Å². The van der Waals surface area contributed by atoms with Gasteiger partial charge in [0.2, 0.25) is 0 Å². The van der Waals surface area contributed by atoms with Crippen molar-refractivity contribution in [2.75, 3.05) is 6.61 Å². The van der Waals surface area contributed by atoms with Gasteiger partial charge in [0.25, 0.3) is 0 Å². The van der Waals surface area contributed by atoms with E-state index < -0.39 is 29.4 Å². The fourth-order valence-electron chi connectivity index (χ4n) is 15.6. The second-order valence-electron chi connectivity index (χ2n) is 25.5. The van der Waals surface area contributed by atoms with Crippen LogP contribution in [0.3, 0.4) is 0 Å². The molecule has 22 unspecified atom stereocenters. The van der Waals surface area contributed by atoms with Crippen LogP contribution in [0.1, 0.15) is 134 Å². The molecule has 0 aromatic heterocycles. The fraction of sp³-hybridized carbons (Fsp3) is 0.656. The minimum atomic E-state index is -0.742. The molecule has 0 bridgehead atoms. The molecule has 22 atom stereocenters. The second-order valence-corrected chi connectivity index (χ2v) is 25.5. The summed E-state index contributed by atoms with van der Waals surface area (Å²) in [7, 11) is 0. The Hall–Kier alpha value is -4.06. The molecule has 3 aromatic carbocycles. The monoisotopic (exact) mass is 1070 g/mol. The van der Waals surface area contributed by atoms with Crippen molar-refractivity contribution < 1.29 is 66.8 Å². The molecule has 14 nitrogen and oxygen atoms in total. The van der Waals surface area contributed by atoms with Crippen LogP contribution in [0.5, 0.6) is 0 Å². The molecule has 8 fully saturated rings. The largest absolute Gasteiger partial charge is 0.459 e. The first-order chi connectivity index (χ1) is 37.7. The van der Waals surface area contributed by atoms with E-state index in [0.29, 0.717) is 50.0 Å². The SMILES string of the molecule is C=C(COC(=O)c1cccc2cc3ccccc3cc12)CC1CC(O)C2OC3CC4(C)OC5C=CCC6OC7C(C)CC8OC9(C)CC(C)CC%10OC(=O)CC%10OC9CC8OC7CC=CCC6OC5CCCC4OC3CC2O1. The summed E-state index contributed by atoms with van der Waals surface area (Å²) in [5, 5.41) is 15.7. The summed E-state index contributed by atoms with van der Waals surface area (Å²) in [6.07, 6.45) is 14.4. The van der Waals surface area contributed by atoms with Crippen molar-refractivity contribution in [2.24, 2.45) is 11.8 Å². The standard InChI is InChI=1S/C64H80O14/c1-35-24-50-53(31-59(66)74-50)73-58-30-52-54(78-63(58,4)32-35)25-37(3)60-49(71-52)18-9-8-17-45-46(75-60)19-11-21-48-47(70-45)20-12-22-57-64(5,77-48)33-56-51(72-57)29-55-61(76-56)44(65)28-41(69-55)23-36(2)34-68-62(67)42-16-10-15-40-26-38-13-6-7-14-39(38)27-43(40)42/h6-11,13-16,21,26-27,35,37,41,44-58,60-61,65H,2,12,17-20,22-25,28-34H2,1,3-5H3. The second kappa shape index (κ2) is 21.7. The lowest BCUT2D eigenvalue weighted by atomic mass is 9.78. The van der Waals surface area contributed by atoms with Crippen LogP contribution in [-0.2, 0) is 56.9 Å². The molecule has 10 heterocycles. The Morgan fingerprint density at radius 2 is 1.38 bits per heavy atom. The quantitative estimate of drug-likeness (QED) is 0.146. The van der Waals surface area contributed by atoms with Crippen molar-refractivity contribution in [2.45, 2.75) is 245 Å². The van der Waals surface area contributed by atoms with Crippen molar-refractivity contribution in [3.05, 3.63) is 96.6 Å². The van der Waals surface area contributed by atoms with E-state index in [-0.39, 0.29) is 123 Å². The molecule has 0 radical (unpaired) electrons. The van der Waals surface area contributed by atoms with E-state index in [4.69, 9.17) is 52.1 Å². The topological polar surface area (TPSA) is 156 Å². The highest BCUT2D eigenvalue weighted by molar-refractivity contribution is 6.09. The van der Waals surface area contributed by atoms with Crippen LogP contribution in [-0.4, -0.2) is 145 Å². The highest BCUT2D eigenvalue weighted by atomic mass is 16.6. The summed E-state index contributed by atoms with van der Waals surface area (Å²) in [6.45, 7) is 13.2. The number of carbonyl (C=O) groups is 2. The van der Waals surface area contributed by atoms with E-state index in [2.05, 4.69) is 70.7 Å². The molecule has 0 spiro atoms. The number of aliphatic hydroxyl groups is 1. The lowest BCUT2D eigenvalue weighted by Crippen LogP contribution is -2.65. The van der Waals surface area contributed by atoms with Gasteiger partial charge in [-0.3, -0.25) is 4.79 Å². The summed E-state index contributed by atoms with van der Waals surface area (Å²) in [4.78, 5) is 25.9. The Labute approximate surface area is 458 Å². The fourth-order valence-corrected chi connectivity index (χ4v) is 15.6. The predicted octanol–water partition coefficient (Wildman–Crippen LogP) is 9.92. The van der Waals surface area contributed by atoms with Crippen LogP contribution in [0.25, 0.3) is 21.5 Å². The molecule has 8 saturated heterocycles. The zero-order valence-electron chi connectivity index (χ0n) is 45.8. The van der Waals surface area contributed by atoms with Crippen LogP contribution in [0.2, 0.25) is 0 Å². The maximum atomic E-state index is 13.5. The van der Waals surface area contributed by atoms with E-state index in [9.17, 15) is 14.7 Å². The van der Waals surface area contributed by atoms with E-state index >= 15 is 0 Å². The molecular formula is C64H80O14. The Morgan fingerprint density at radius 3 is 2.24 bits per heavy atom. The van der Waals surface area contributed by atoms with Gasteiger partial charge in [0.1, 0.15) is 31.0 Å². The van der Waals surface area contributed by atoms with Gasteiger partial charge in [-0.15, -0.1) is 0 Å². The first-order valence-electron chi connectivity index (χ1n) is 29.6. The summed E-state index contributed by atoms with van der Waals surface area (Å²) in [5.74, 6) is -0.0878. The molecule has 78 heavy (non-hydrogen) atoms. The van der Waals surface area contributed by atoms with Gasteiger partial charge >= 0.3 is 11.9 Å². The lowest BCUT2D eigenvalue weighted by molar-refractivity contribution is -0.316. The smallest absolute Gasteiger partial charge is 0.339 e. The maximum Gasteiger partial charge on any atom is 0.339 e. The third-order valence-electron chi connectivity index (χ3n) is 19.4. The number of ether oxygens (including phenoxy) is 11. The average molecular weight is 1070 g/mol. The van der Waals surface area contributed by atoms with Crippen molar-refractivity contribution in [3.63, 3.8) is 0 Å². The van der Waals surface area contributed by atoms with Crippen molar-refractivity contribution in [3.8, 4) is 0 Å². The van der Waals surface area contributed by atoms with Crippen LogP contribution in [0.15, 0.2) is 91.1 Å². The highest BCUT2D eigenvalue weighted by Gasteiger charge is 2.57. The number of esters is 2. The van der Waals surface area contributed by atoms with Gasteiger partial charge in [-0.25, -0.2) is 4.79 Å². The molecule has 10 aliphatic heterocycles. The number of benzene rings is 3. The summed E-state index contributed by atoms with van der Waals surface area (Å²) >= 11 is 0. The molecular weight excluding hydrogens is 993 g/mol. The first kappa shape index (κ1) is 53.3. The van der Waals surface area contributed by atoms with Gasteiger partial charge in [0.15, 0.2) is 0 Å². The van der Waals surface area contributed by atoms with E-state index in [1.165, 1.54) is 0 Å². The minimum Gasteiger partial charge on any atom is -0.459 e. The molecule has 0 saturated carbocycles. The number of aliphatic hydroxyl groups excluding tert-OH is 1. The molecule has 0 aliphatic carbocycles. The first-order valence-corrected chi connectivity index (χ1v) is 29.6. The van der Waals surface area contributed by atoms with E-state index in [0.717, 1.165) is 78.5 Å². The van der Waals surface area contributed by atoms with Crippen molar-refractivity contribution in [1.82, 2.24) is 0 Å².